The van der Waals surface area contributed by atoms with E-state index in [-0.39, 0.29) is 0 Å². The standard InChI is InChI=1S/C17H33NOSe/c1-5-9-10-11-15-18-17(19,8-4)14-16(20-15,12-6-2)13-7-3/h19H,5-14H2,1-4H3. The van der Waals surface area contributed by atoms with E-state index in [0.29, 0.717) is 19.3 Å². The van der Waals surface area contributed by atoms with Crippen LogP contribution in [0, 0.1) is 0 Å². The van der Waals surface area contributed by atoms with Crippen molar-refractivity contribution in [1.82, 2.24) is 0 Å². The van der Waals surface area contributed by atoms with Crippen LogP contribution < -0.4 is 0 Å². The molecule has 1 unspecified atom stereocenters. The summed E-state index contributed by atoms with van der Waals surface area (Å²) in [6.45, 7) is 8.88. The molecule has 1 atom stereocenters. The Morgan fingerprint density at radius 2 is 1.70 bits per heavy atom. The summed E-state index contributed by atoms with van der Waals surface area (Å²) in [5.41, 5.74) is -0.772. The van der Waals surface area contributed by atoms with Crippen LogP contribution in [0.4, 0.5) is 0 Å². The van der Waals surface area contributed by atoms with Gasteiger partial charge in [0.25, 0.3) is 0 Å². The van der Waals surface area contributed by atoms with E-state index >= 15 is 0 Å². The summed E-state index contributed by atoms with van der Waals surface area (Å²) in [5, 5.41) is 10.8. The average Bonchev–Trinajstić information content (AvgIpc) is 2.39. The fourth-order valence-corrected chi connectivity index (χ4v) is 7.19. The molecule has 0 aliphatic carbocycles. The van der Waals surface area contributed by atoms with Crippen LogP contribution in [0.15, 0.2) is 4.99 Å². The molecule has 118 valence electrons. The van der Waals surface area contributed by atoms with Crippen molar-refractivity contribution in [1.29, 1.82) is 0 Å². The van der Waals surface area contributed by atoms with Gasteiger partial charge in [0.05, 0.1) is 0 Å². The summed E-state index contributed by atoms with van der Waals surface area (Å²) >= 11 is 0.480. The van der Waals surface area contributed by atoms with Gasteiger partial charge in [-0.3, -0.25) is 0 Å². The number of unbranched alkanes of at least 4 members (excludes halogenated alkanes) is 2. The van der Waals surface area contributed by atoms with E-state index in [0.717, 1.165) is 19.3 Å². The second-order valence-corrected chi connectivity index (χ2v) is 9.49. The fourth-order valence-electron chi connectivity index (χ4n) is 3.25. The Kier molecular flexibility index (Phi) is 7.79. The zero-order chi connectivity index (χ0) is 15.1. The summed E-state index contributed by atoms with van der Waals surface area (Å²) in [6.07, 6.45) is 11.5. The first-order chi connectivity index (χ1) is 9.53. The molecule has 0 aromatic heterocycles. The Morgan fingerprint density at radius 3 is 2.20 bits per heavy atom. The van der Waals surface area contributed by atoms with E-state index in [1.807, 2.05) is 0 Å². The third-order valence-electron chi connectivity index (χ3n) is 4.24. The van der Waals surface area contributed by atoms with Gasteiger partial charge in [0.1, 0.15) is 0 Å². The summed E-state index contributed by atoms with van der Waals surface area (Å²) < 4.78 is 1.72. The van der Waals surface area contributed by atoms with Gasteiger partial charge in [0.2, 0.25) is 0 Å². The molecule has 1 heterocycles. The van der Waals surface area contributed by atoms with E-state index in [1.165, 1.54) is 49.6 Å². The van der Waals surface area contributed by atoms with Crippen molar-refractivity contribution in [3.63, 3.8) is 0 Å². The van der Waals surface area contributed by atoms with Crippen LogP contribution in [-0.2, 0) is 0 Å². The summed E-state index contributed by atoms with van der Waals surface area (Å²) in [5.74, 6) is 0. The van der Waals surface area contributed by atoms with Crippen LogP contribution in [0.1, 0.15) is 91.9 Å². The Labute approximate surface area is 132 Å². The van der Waals surface area contributed by atoms with Crippen LogP contribution in [0.2, 0.25) is 4.31 Å². The summed E-state index contributed by atoms with van der Waals surface area (Å²) in [4.78, 5) is 4.76. The molecule has 2 nitrogen and oxygen atoms in total. The molecule has 1 rings (SSSR count). The number of aliphatic imine (C=N–C) groups is 1. The molecule has 0 radical (unpaired) electrons. The summed E-state index contributed by atoms with van der Waals surface area (Å²) in [6, 6.07) is 0. The number of nitrogens with zero attached hydrogens (tertiary/aromatic N) is 1. The molecule has 0 amide bonds. The van der Waals surface area contributed by atoms with Gasteiger partial charge in [-0.15, -0.1) is 0 Å². The van der Waals surface area contributed by atoms with Crippen LogP contribution in [-0.4, -0.2) is 30.4 Å². The van der Waals surface area contributed by atoms with E-state index in [9.17, 15) is 5.11 Å². The maximum absolute atomic E-state index is 10.8. The molecular formula is C17H33NOSe. The van der Waals surface area contributed by atoms with Crippen LogP contribution in [0.3, 0.4) is 0 Å². The normalized spacial score (nSPS) is 25.6. The van der Waals surface area contributed by atoms with Crippen LogP contribution in [0.5, 0.6) is 0 Å². The summed E-state index contributed by atoms with van der Waals surface area (Å²) in [7, 11) is 0. The zero-order valence-electron chi connectivity index (χ0n) is 13.9. The molecule has 0 fully saturated rings. The molecule has 3 heteroatoms. The molecule has 20 heavy (non-hydrogen) atoms. The van der Waals surface area contributed by atoms with E-state index in [2.05, 4.69) is 27.7 Å². The quantitative estimate of drug-likeness (QED) is 0.466. The molecular weight excluding hydrogens is 313 g/mol. The van der Waals surface area contributed by atoms with Crippen molar-refractivity contribution < 1.29 is 5.11 Å². The van der Waals surface area contributed by atoms with Crippen LogP contribution in [0.25, 0.3) is 0 Å². The van der Waals surface area contributed by atoms with Crippen molar-refractivity contribution in [2.45, 2.75) is 102 Å². The van der Waals surface area contributed by atoms with Crippen molar-refractivity contribution in [2.24, 2.45) is 4.99 Å². The number of aliphatic hydroxyl groups is 1. The molecule has 1 aliphatic heterocycles. The first-order valence-electron chi connectivity index (χ1n) is 8.53. The fraction of sp³-hybridized carbons (Fsp3) is 0.941. The third-order valence-corrected chi connectivity index (χ3v) is 7.43. The Bertz CT molecular complexity index is 310. The second kappa shape index (κ2) is 8.56. The third kappa shape index (κ3) is 5.16. The Balaban J connectivity index is 2.87. The predicted molar refractivity (Wildman–Crippen MR) is 89.7 cm³/mol. The molecule has 0 spiro atoms. The second-order valence-electron chi connectivity index (χ2n) is 6.26. The van der Waals surface area contributed by atoms with Gasteiger partial charge in [0, 0.05) is 0 Å². The first kappa shape index (κ1) is 18.2. The molecule has 0 saturated carbocycles. The van der Waals surface area contributed by atoms with Gasteiger partial charge in [-0.1, -0.05) is 0 Å². The SMILES string of the molecule is CCCCCC1=NC(O)(CC)CC(CCC)(CCC)[Se]1. The van der Waals surface area contributed by atoms with Gasteiger partial charge in [-0.05, 0) is 0 Å². The van der Waals surface area contributed by atoms with E-state index in [1.54, 1.807) is 0 Å². The maximum atomic E-state index is 10.8. The molecule has 0 saturated heterocycles. The molecule has 1 N–H and O–H groups in total. The van der Waals surface area contributed by atoms with Gasteiger partial charge in [-0.2, -0.15) is 0 Å². The Hall–Kier alpha value is 0.149. The molecule has 0 aromatic rings. The Morgan fingerprint density at radius 1 is 1.05 bits per heavy atom. The van der Waals surface area contributed by atoms with Gasteiger partial charge < -0.3 is 0 Å². The van der Waals surface area contributed by atoms with Crippen molar-refractivity contribution in [2.75, 3.05) is 0 Å². The molecule has 1 aliphatic rings. The monoisotopic (exact) mass is 347 g/mol. The van der Waals surface area contributed by atoms with Crippen LogP contribution >= 0.6 is 0 Å². The minimum absolute atomic E-state index is 0.366. The van der Waals surface area contributed by atoms with Crippen molar-refractivity contribution >= 4 is 19.6 Å². The van der Waals surface area contributed by atoms with E-state index in [4.69, 9.17) is 4.99 Å². The minimum atomic E-state index is -0.772. The molecule has 0 aromatic carbocycles. The van der Waals surface area contributed by atoms with E-state index < -0.39 is 5.72 Å². The first-order valence-corrected chi connectivity index (χ1v) is 10.2. The predicted octanol–water partition coefficient (Wildman–Crippen LogP) is 4.93. The van der Waals surface area contributed by atoms with Gasteiger partial charge >= 0.3 is 132 Å². The average molecular weight is 346 g/mol. The van der Waals surface area contributed by atoms with Crippen molar-refractivity contribution in [3.8, 4) is 0 Å². The van der Waals surface area contributed by atoms with Gasteiger partial charge in [0.15, 0.2) is 0 Å². The topological polar surface area (TPSA) is 32.6 Å². The number of hydrogen-bond acceptors (Lipinski definition) is 2. The number of hydrogen-bond donors (Lipinski definition) is 1. The number of rotatable bonds is 9. The zero-order valence-corrected chi connectivity index (χ0v) is 15.6. The van der Waals surface area contributed by atoms with Gasteiger partial charge in [-0.25, -0.2) is 0 Å². The molecule has 0 bridgehead atoms. The van der Waals surface area contributed by atoms with Crippen molar-refractivity contribution in [3.05, 3.63) is 0 Å².